The summed E-state index contributed by atoms with van der Waals surface area (Å²) in [7, 11) is 0. The molecule has 290 valence electrons. The highest BCUT2D eigenvalue weighted by Gasteiger charge is 2.61. The summed E-state index contributed by atoms with van der Waals surface area (Å²) in [5.41, 5.74) is 1.49. The van der Waals surface area contributed by atoms with E-state index in [1.165, 1.54) is 91.9 Å². The van der Waals surface area contributed by atoms with Crippen LogP contribution in [-0.4, -0.2) is 66.9 Å². The van der Waals surface area contributed by atoms with Crippen molar-refractivity contribution in [3.63, 3.8) is 0 Å². The number of hydrogen-bond acceptors (Lipinski definition) is 15. The SMILES string of the molecule is CC(=O)S[C@H]1C[C@@H](CNc2cccc(C(=O)OCc3ccc([N+](=O)[O-])cc3)c2)[N+](C(=O)OCc2ccc([N+](=O)[O-])cc2)(C(=O)OCc2ccc([N+](=O)[O-])cc2)C1. The van der Waals surface area contributed by atoms with Gasteiger partial charge < -0.3 is 19.5 Å². The zero-order valence-corrected chi connectivity index (χ0v) is 30.5. The number of nitro benzene ring substituents is 3. The minimum absolute atomic E-state index is 0.0461. The Kier molecular flexibility index (Phi) is 13.0. The Morgan fingerprint density at radius 2 is 1.14 bits per heavy atom. The Balaban J connectivity index is 1.36. The average Bonchev–Trinajstić information content (AvgIpc) is 3.56. The van der Waals surface area contributed by atoms with Crippen molar-refractivity contribution in [1.29, 1.82) is 0 Å². The molecular weight excluding hydrogens is 754 g/mol. The van der Waals surface area contributed by atoms with Crippen LogP contribution in [-0.2, 0) is 38.8 Å². The number of carbonyl (C=O) groups is 4. The summed E-state index contributed by atoms with van der Waals surface area (Å²) in [6.07, 6.45) is -1.83. The summed E-state index contributed by atoms with van der Waals surface area (Å²) < 4.78 is 15.7. The summed E-state index contributed by atoms with van der Waals surface area (Å²) in [5.74, 6) is -0.680. The molecule has 1 heterocycles. The number of nitrogens with one attached hydrogen (secondary N) is 1. The first-order chi connectivity index (χ1) is 26.7. The normalized spacial score (nSPS) is 15.6. The minimum Gasteiger partial charge on any atom is -0.457 e. The van der Waals surface area contributed by atoms with E-state index < -0.39 is 48.7 Å². The summed E-state index contributed by atoms with van der Waals surface area (Å²) in [6.45, 7) is 0.286. The molecule has 1 saturated heterocycles. The smallest absolute Gasteiger partial charge is 0.457 e. The molecule has 18 nitrogen and oxygen atoms in total. The van der Waals surface area contributed by atoms with Gasteiger partial charge >= 0.3 is 18.2 Å². The molecule has 19 heteroatoms. The van der Waals surface area contributed by atoms with Crippen molar-refractivity contribution >= 4 is 57.8 Å². The van der Waals surface area contributed by atoms with Crippen molar-refractivity contribution in [2.24, 2.45) is 0 Å². The van der Waals surface area contributed by atoms with Crippen molar-refractivity contribution in [2.75, 3.05) is 18.4 Å². The van der Waals surface area contributed by atoms with Gasteiger partial charge in [-0.3, -0.25) is 35.1 Å². The third kappa shape index (κ3) is 10.1. The molecule has 0 aromatic heterocycles. The molecule has 4 aromatic rings. The van der Waals surface area contributed by atoms with E-state index in [0.29, 0.717) is 22.4 Å². The van der Waals surface area contributed by atoms with Gasteiger partial charge in [0.25, 0.3) is 17.1 Å². The first-order valence-electron chi connectivity index (χ1n) is 16.9. The zero-order valence-electron chi connectivity index (χ0n) is 29.6. The quantitative estimate of drug-likeness (QED) is 0.0441. The molecule has 0 saturated carbocycles. The molecule has 1 aliphatic heterocycles. The second-order valence-corrected chi connectivity index (χ2v) is 14.1. The van der Waals surface area contributed by atoms with Crippen LogP contribution in [0.5, 0.6) is 0 Å². The highest BCUT2D eigenvalue weighted by Crippen LogP contribution is 2.37. The molecule has 0 aliphatic carbocycles. The topological polar surface area (TPSA) is 237 Å². The van der Waals surface area contributed by atoms with E-state index in [0.717, 1.165) is 11.8 Å². The molecule has 1 N–H and O–H groups in total. The molecule has 1 fully saturated rings. The molecule has 0 spiro atoms. The third-order valence-electron chi connectivity index (χ3n) is 8.81. The van der Waals surface area contributed by atoms with Gasteiger partial charge in [-0.15, -0.1) is 4.48 Å². The number of nitrogens with zero attached hydrogens (tertiary/aromatic N) is 4. The fourth-order valence-corrected chi connectivity index (χ4v) is 7.09. The Bertz CT molecular complexity index is 2060. The number of quaternary nitrogens is 1. The number of carbonyl (C=O) groups excluding carboxylic acids is 4. The molecule has 0 bridgehead atoms. The van der Waals surface area contributed by atoms with Crippen LogP contribution in [0.15, 0.2) is 97.1 Å². The second kappa shape index (κ2) is 18.1. The van der Waals surface area contributed by atoms with E-state index in [4.69, 9.17) is 14.2 Å². The van der Waals surface area contributed by atoms with Gasteiger partial charge in [-0.1, -0.05) is 17.8 Å². The average molecular weight is 789 g/mol. The van der Waals surface area contributed by atoms with E-state index in [-0.39, 0.29) is 67.1 Å². The fourth-order valence-electron chi connectivity index (χ4n) is 6.00. The number of ether oxygens (including phenoxy) is 3. The number of likely N-dealkylation sites (tertiary alicyclic amines) is 1. The fraction of sp³-hybridized carbons (Fsp3) is 0.243. The minimum atomic E-state index is -1.01. The first kappa shape index (κ1) is 40.5. The number of nitro groups is 3. The van der Waals surface area contributed by atoms with E-state index in [2.05, 4.69) is 5.32 Å². The van der Waals surface area contributed by atoms with Gasteiger partial charge in [-0.25, -0.2) is 4.79 Å². The van der Waals surface area contributed by atoms with E-state index in [1.807, 2.05) is 0 Å². The number of hydrogen-bond donors (Lipinski definition) is 1. The van der Waals surface area contributed by atoms with Crippen molar-refractivity contribution in [3.8, 4) is 0 Å². The van der Waals surface area contributed by atoms with E-state index in [9.17, 15) is 49.5 Å². The van der Waals surface area contributed by atoms with Crippen molar-refractivity contribution in [1.82, 2.24) is 0 Å². The van der Waals surface area contributed by atoms with E-state index in [1.54, 1.807) is 12.1 Å². The van der Waals surface area contributed by atoms with E-state index >= 15 is 0 Å². The van der Waals surface area contributed by atoms with Crippen LogP contribution in [0.4, 0.5) is 32.3 Å². The number of imide groups is 1. The Labute approximate surface area is 322 Å². The lowest BCUT2D eigenvalue weighted by Gasteiger charge is -2.32. The van der Waals surface area contributed by atoms with Crippen LogP contribution in [0.25, 0.3) is 0 Å². The van der Waals surface area contributed by atoms with Gasteiger partial charge in [0.05, 0.1) is 32.1 Å². The lowest BCUT2D eigenvalue weighted by molar-refractivity contribution is -0.796. The van der Waals surface area contributed by atoms with Crippen molar-refractivity contribution in [2.45, 2.75) is 44.5 Å². The number of anilines is 1. The van der Waals surface area contributed by atoms with Gasteiger partial charge in [-0.2, -0.15) is 9.59 Å². The number of esters is 1. The number of thioether (sulfide) groups is 1. The van der Waals surface area contributed by atoms with Crippen LogP contribution >= 0.6 is 11.8 Å². The van der Waals surface area contributed by atoms with Crippen LogP contribution in [0, 0.1) is 30.3 Å². The molecule has 56 heavy (non-hydrogen) atoms. The molecule has 5 rings (SSSR count). The number of benzene rings is 4. The third-order valence-corrected chi connectivity index (χ3v) is 9.82. The highest BCUT2D eigenvalue weighted by atomic mass is 32.2. The van der Waals surface area contributed by atoms with Crippen LogP contribution in [0.1, 0.15) is 40.4 Å². The number of rotatable bonds is 14. The first-order valence-corrected chi connectivity index (χ1v) is 17.7. The molecule has 0 radical (unpaired) electrons. The lowest BCUT2D eigenvalue weighted by Crippen LogP contribution is -2.62. The van der Waals surface area contributed by atoms with Crippen molar-refractivity contribution < 1.29 is 52.6 Å². The zero-order chi connectivity index (χ0) is 40.4. The van der Waals surface area contributed by atoms with Crippen LogP contribution in [0.3, 0.4) is 0 Å². The van der Waals surface area contributed by atoms with Gasteiger partial charge in [0.15, 0.2) is 5.12 Å². The maximum absolute atomic E-state index is 14.2. The summed E-state index contributed by atoms with van der Waals surface area (Å²) in [5, 5.41) is 35.5. The molecule has 4 aromatic carbocycles. The summed E-state index contributed by atoms with van der Waals surface area (Å²) >= 11 is 0.954. The second-order valence-electron chi connectivity index (χ2n) is 12.6. The van der Waals surface area contributed by atoms with Crippen LogP contribution < -0.4 is 5.32 Å². The maximum atomic E-state index is 14.2. The van der Waals surface area contributed by atoms with Crippen molar-refractivity contribution in [3.05, 3.63) is 150 Å². The Morgan fingerprint density at radius 1 is 0.696 bits per heavy atom. The lowest BCUT2D eigenvalue weighted by atomic mass is 10.1. The van der Waals surface area contributed by atoms with Gasteiger partial charge in [0, 0.05) is 55.4 Å². The van der Waals surface area contributed by atoms with Gasteiger partial charge in [0.1, 0.15) is 32.4 Å². The number of amides is 2. The monoisotopic (exact) mass is 788 g/mol. The summed E-state index contributed by atoms with van der Waals surface area (Å²) in [4.78, 5) is 85.0. The standard InChI is InChI=1S/C37H34N5O13S/c1-24(43)56-34-18-33(19-38-29-4-2-3-28(17-29)35(44)53-21-25-5-11-30(12-6-25)39(47)48)42(20-34,36(45)54-22-26-7-13-31(14-8-26)40(49)50)37(46)55-23-27-9-15-32(16-10-27)41(51)52/h2-17,33-34,38H,18-23H2,1H3/q+1/t33-,34-/m0/s1. The maximum Gasteiger partial charge on any atom is 0.527 e. The molecule has 2 atom stereocenters. The van der Waals surface area contributed by atoms with Gasteiger partial charge in [-0.05, 0) is 71.3 Å². The van der Waals surface area contributed by atoms with Crippen LogP contribution in [0.2, 0.25) is 0 Å². The predicted molar refractivity (Wildman–Crippen MR) is 199 cm³/mol. The summed E-state index contributed by atoms with van der Waals surface area (Å²) in [6, 6.07) is 21.5. The van der Waals surface area contributed by atoms with Gasteiger partial charge in [0.2, 0.25) is 0 Å². The highest BCUT2D eigenvalue weighted by molar-refractivity contribution is 8.14. The molecule has 0 unspecified atom stereocenters. The largest absolute Gasteiger partial charge is 0.527 e. The Hall–Kier alpha value is -6.73. The number of non-ortho nitro benzene ring substituents is 3. The Morgan fingerprint density at radius 3 is 1.57 bits per heavy atom. The molecular formula is C37H34N5O13S+. The molecule has 2 amide bonds. The predicted octanol–water partition coefficient (Wildman–Crippen LogP) is 7.09. The molecule has 1 aliphatic rings.